The summed E-state index contributed by atoms with van der Waals surface area (Å²) in [6.45, 7) is 2.88. The van der Waals surface area contributed by atoms with E-state index in [0.717, 1.165) is 11.6 Å². The third-order valence-corrected chi connectivity index (χ3v) is 3.44. The molecule has 0 radical (unpaired) electrons. The van der Waals surface area contributed by atoms with Crippen LogP contribution in [0.2, 0.25) is 0 Å². The van der Waals surface area contributed by atoms with Crippen molar-refractivity contribution < 1.29 is 23.5 Å². The molecule has 0 aromatic heterocycles. The van der Waals surface area contributed by atoms with Crippen LogP contribution in [0.3, 0.4) is 0 Å². The normalized spacial score (nSPS) is 11.3. The van der Waals surface area contributed by atoms with Gasteiger partial charge in [0.1, 0.15) is 12.4 Å². The third-order valence-electron chi connectivity index (χ3n) is 3.44. The summed E-state index contributed by atoms with van der Waals surface area (Å²) < 4.78 is 18.1. The second-order valence-corrected chi connectivity index (χ2v) is 5.68. The van der Waals surface area contributed by atoms with Crippen LogP contribution in [0.4, 0.5) is 10.1 Å². The monoisotopic (exact) mass is 358 g/mol. The Hall–Kier alpha value is -3.22. The van der Waals surface area contributed by atoms with E-state index in [1.54, 1.807) is 18.2 Å². The van der Waals surface area contributed by atoms with E-state index in [1.807, 2.05) is 13.0 Å². The highest BCUT2D eigenvalue weighted by molar-refractivity contribution is 5.97. The minimum absolute atomic E-state index is 0.0861. The second kappa shape index (κ2) is 8.75. The van der Waals surface area contributed by atoms with E-state index in [2.05, 4.69) is 10.6 Å². The number of benzene rings is 2. The molecule has 0 bridgehead atoms. The van der Waals surface area contributed by atoms with Gasteiger partial charge in [-0.3, -0.25) is 14.4 Å². The van der Waals surface area contributed by atoms with Crippen LogP contribution in [0.25, 0.3) is 0 Å². The van der Waals surface area contributed by atoms with Crippen molar-refractivity contribution in [3.63, 3.8) is 0 Å². The molecule has 7 heteroatoms. The van der Waals surface area contributed by atoms with Crippen LogP contribution in [0.1, 0.15) is 22.8 Å². The number of ether oxygens (including phenoxy) is 1. The number of esters is 1. The fourth-order valence-electron chi connectivity index (χ4n) is 2.14. The first-order valence-electron chi connectivity index (χ1n) is 7.96. The predicted octanol–water partition coefficient (Wildman–Crippen LogP) is 2.43. The summed E-state index contributed by atoms with van der Waals surface area (Å²) in [5.41, 5.74) is 1.66. The molecule has 2 aromatic carbocycles. The maximum atomic E-state index is 13.1. The highest BCUT2D eigenvalue weighted by atomic mass is 19.1. The maximum Gasteiger partial charge on any atom is 0.326 e. The summed E-state index contributed by atoms with van der Waals surface area (Å²) in [4.78, 5) is 35.6. The van der Waals surface area contributed by atoms with Gasteiger partial charge in [0.25, 0.3) is 11.8 Å². The van der Waals surface area contributed by atoms with Crippen LogP contribution in [0.15, 0.2) is 48.5 Å². The number of nitrogens with one attached hydrogen (secondary N) is 2. The lowest BCUT2D eigenvalue weighted by molar-refractivity contribution is -0.152. The Morgan fingerprint density at radius 3 is 2.54 bits per heavy atom. The van der Waals surface area contributed by atoms with E-state index in [1.165, 1.54) is 25.1 Å². The number of halogens is 1. The summed E-state index contributed by atoms with van der Waals surface area (Å²) in [6.07, 6.45) is -1.03. The largest absolute Gasteiger partial charge is 0.451 e. The SMILES string of the molecule is Cc1cccc(NC(=O)[C@@H](C)OC(=O)CNC(=O)c2cccc(F)c2)c1. The van der Waals surface area contributed by atoms with Crippen LogP contribution in [0, 0.1) is 12.7 Å². The zero-order valence-corrected chi connectivity index (χ0v) is 14.4. The lowest BCUT2D eigenvalue weighted by atomic mass is 10.2. The third kappa shape index (κ3) is 5.70. The van der Waals surface area contributed by atoms with Gasteiger partial charge >= 0.3 is 5.97 Å². The Labute approximate surface area is 150 Å². The van der Waals surface area contributed by atoms with Crippen molar-refractivity contribution in [3.8, 4) is 0 Å². The van der Waals surface area contributed by atoms with Gasteiger partial charge in [-0.2, -0.15) is 0 Å². The number of rotatable bonds is 6. The fourth-order valence-corrected chi connectivity index (χ4v) is 2.14. The number of amides is 2. The average Bonchev–Trinajstić information content (AvgIpc) is 2.59. The van der Waals surface area contributed by atoms with Crippen LogP contribution in [0.5, 0.6) is 0 Å². The fraction of sp³-hybridized carbons (Fsp3) is 0.211. The second-order valence-electron chi connectivity index (χ2n) is 5.68. The minimum atomic E-state index is -1.03. The maximum absolute atomic E-state index is 13.1. The molecule has 0 saturated heterocycles. The van der Waals surface area contributed by atoms with Gasteiger partial charge < -0.3 is 15.4 Å². The van der Waals surface area contributed by atoms with Crippen molar-refractivity contribution in [1.29, 1.82) is 0 Å². The quantitative estimate of drug-likeness (QED) is 0.777. The van der Waals surface area contributed by atoms with Crippen LogP contribution in [-0.4, -0.2) is 30.4 Å². The van der Waals surface area contributed by atoms with Crippen LogP contribution >= 0.6 is 0 Å². The van der Waals surface area contributed by atoms with E-state index < -0.39 is 36.2 Å². The van der Waals surface area contributed by atoms with Gasteiger partial charge in [0.15, 0.2) is 6.10 Å². The van der Waals surface area contributed by atoms with Gasteiger partial charge in [-0.1, -0.05) is 18.2 Å². The molecule has 0 heterocycles. The molecule has 0 unspecified atom stereocenters. The molecule has 26 heavy (non-hydrogen) atoms. The Morgan fingerprint density at radius 2 is 1.85 bits per heavy atom. The standard InChI is InChI=1S/C19H19FN2O4/c1-12-5-3-8-16(9-12)22-18(24)13(2)26-17(23)11-21-19(25)14-6-4-7-15(20)10-14/h3-10,13H,11H2,1-2H3,(H,21,25)(H,22,24)/t13-/m1/s1. The molecule has 0 spiro atoms. The molecule has 6 nitrogen and oxygen atoms in total. The summed E-state index contributed by atoms with van der Waals surface area (Å²) >= 11 is 0. The van der Waals surface area contributed by atoms with Crippen LogP contribution < -0.4 is 10.6 Å². The van der Waals surface area contributed by atoms with Gasteiger partial charge in [0, 0.05) is 11.3 Å². The molecule has 0 saturated carbocycles. The lowest BCUT2D eigenvalue weighted by Crippen LogP contribution is -2.35. The number of anilines is 1. The Morgan fingerprint density at radius 1 is 1.12 bits per heavy atom. The molecular weight excluding hydrogens is 339 g/mol. The first-order valence-corrected chi connectivity index (χ1v) is 7.96. The Bertz CT molecular complexity index is 823. The van der Waals surface area contributed by atoms with Crippen molar-refractivity contribution in [2.75, 3.05) is 11.9 Å². The molecule has 0 aliphatic heterocycles. The average molecular weight is 358 g/mol. The van der Waals surface area contributed by atoms with Crippen molar-refractivity contribution >= 4 is 23.5 Å². The molecule has 0 aliphatic carbocycles. The van der Waals surface area contributed by atoms with Crippen LogP contribution in [-0.2, 0) is 14.3 Å². The lowest BCUT2D eigenvalue weighted by Gasteiger charge is -2.14. The van der Waals surface area contributed by atoms with Crippen molar-refractivity contribution in [2.24, 2.45) is 0 Å². The summed E-state index contributed by atoms with van der Waals surface area (Å²) in [6, 6.07) is 12.3. The molecule has 2 N–H and O–H groups in total. The van der Waals surface area contributed by atoms with Crippen molar-refractivity contribution in [3.05, 3.63) is 65.5 Å². The molecule has 2 amide bonds. The van der Waals surface area contributed by atoms with Gasteiger partial charge in [-0.05, 0) is 49.7 Å². The summed E-state index contributed by atoms with van der Waals surface area (Å²) in [5.74, 6) is -2.43. The predicted molar refractivity (Wildman–Crippen MR) is 94.1 cm³/mol. The van der Waals surface area contributed by atoms with Crippen molar-refractivity contribution in [1.82, 2.24) is 5.32 Å². The molecule has 2 rings (SSSR count). The summed E-state index contributed by atoms with van der Waals surface area (Å²) in [7, 11) is 0. The smallest absolute Gasteiger partial charge is 0.326 e. The molecule has 0 aliphatic rings. The first-order chi connectivity index (χ1) is 12.3. The van der Waals surface area contributed by atoms with E-state index >= 15 is 0 Å². The number of carbonyl (C=O) groups is 3. The van der Waals surface area contributed by atoms with Crippen molar-refractivity contribution in [2.45, 2.75) is 20.0 Å². The first kappa shape index (κ1) is 19.1. The minimum Gasteiger partial charge on any atom is -0.451 e. The zero-order valence-electron chi connectivity index (χ0n) is 14.4. The van der Waals surface area contributed by atoms with Gasteiger partial charge in [0.2, 0.25) is 0 Å². The van der Waals surface area contributed by atoms with Gasteiger partial charge in [-0.15, -0.1) is 0 Å². The highest BCUT2D eigenvalue weighted by Crippen LogP contribution is 2.10. The molecular formula is C19H19FN2O4. The Balaban J connectivity index is 1.81. The molecule has 136 valence electrons. The molecule has 0 fully saturated rings. The van der Waals surface area contributed by atoms with E-state index in [0.29, 0.717) is 5.69 Å². The van der Waals surface area contributed by atoms with E-state index in [-0.39, 0.29) is 5.56 Å². The molecule has 2 aromatic rings. The molecule has 1 atom stereocenters. The Kier molecular flexibility index (Phi) is 6.43. The zero-order chi connectivity index (χ0) is 19.1. The van der Waals surface area contributed by atoms with Gasteiger partial charge in [-0.25, -0.2) is 4.39 Å². The highest BCUT2D eigenvalue weighted by Gasteiger charge is 2.18. The van der Waals surface area contributed by atoms with E-state index in [9.17, 15) is 18.8 Å². The van der Waals surface area contributed by atoms with Gasteiger partial charge in [0.05, 0.1) is 0 Å². The topological polar surface area (TPSA) is 84.5 Å². The number of carbonyl (C=O) groups excluding carboxylic acids is 3. The number of hydrogen-bond acceptors (Lipinski definition) is 4. The number of aryl methyl sites for hydroxylation is 1. The summed E-state index contributed by atoms with van der Waals surface area (Å²) in [5, 5.41) is 4.96. The number of hydrogen-bond donors (Lipinski definition) is 2. The van der Waals surface area contributed by atoms with E-state index in [4.69, 9.17) is 4.74 Å².